The van der Waals surface area contributed by atoms with Crippen molar-refractivity contribution >= 4 is 22.5 Å². The van der Waals surface area contributed by atoms with E-state index in [9.17, 15) is 22.4 Å². The molecule has 0 spiro atoms. The van der Waals surface area contributed by atoms with Gasteiger partial charge in [0.25, 0.3) is 0 Å². The zero-order valence-corrected chi connectivity index (χ0v) is 17.3. The molecule has 0 radical (unpaired) electrons. The number of nitriles is 1. The van der Waals surface area contributed by atoms with Gasteiger partial charge in [-0.15, -0.1) is 0 Å². The number of fused-ring (bicyclic) bond motifs is 1. The maximum atomic E-state index is 13.6. The fourth-order valence-electron chi connectivity index (χ4n) is 4.45. The number of aromatic nitrogens is 1. The Kier molecular flexibility index (Phi) is 6.20. The van der Waals surface area contributed by atoms with Crippen LogP contribution in [-0.2, 0) is 11.0 Å². The number of anilines is 1. The monoisotopic (exact) mass is 449 g/mol. The van der Waals surface area contributed by atoms with Crippen molar-refractivity contribution in [3.8, 4) is 6.07 Å². The van der Waals surface area contributed by atoms with Gasteiger partial charge in [0.1, 0.15) is 12.2 Å². The molecule has 4 rings (SSSR count). The summed E-state index contributed by atoms with van der Waals surface area (Å²) in [6.07, 6.45) is -2.82. The first-order valence-corrected chi connectivity index (χ1v) is 10.5. The SMILES string of the molecule is N#CC1C[C@H](F)CN1C(=O)CN1CCC(Nc2ccnc3c(C(F)(F)F)cccc23)CC1. The molecule has 1 aromatic carbocycles. The van der Waals surface area contributed by atoms with Gasteiger partial charge in [-0.1, -0.05) is 12.1 Å². The number of carbonyl (C=O) groups excluding carboxylic acids is 1. The molecule has 1 aromatic heterocycles. The van der Waals surface area contributed by atoms with E-state index in [0.717, 1.165) is 6.07 Å². The van der Waals surface area contributed by atoms with Gasteiger partial charge >= 0.3 is 6.18 Å². The van der Waals surface area contributed by atoms with Gasteiger partial charge in [-0.25, -0.2) is 4.39 Å². The van der Waals surface area contributed by atoms with Crippen LogP contribution >= 0.6 is 0 Å². The van der Waals surface area contributed by atoms with Crippen LogP contribution in [0.15, 0.2) is 30.5 Å². The van der Waals surface area contributed by atoms with E-state index in [2.05, 4.69) is 10.3 Å². The average molecular weight is 449 g/mol. The van der Waals surface area contributed by atoms with Crippen molar-refractivity contribution in [2.75, 3.05) is 31.5 Å². The highest BCUT2D eigenvalue weighted by atomic mass is 19.4. The molecule has 2 fully saturated rings. The molecule has 2 aromatic rings. The number of nitrogens with one attached hydrogen (secondary N) is 1. The van der Waals surface area contributed by atoms with Crippen LogP contribution < -0.4 is 5.32 Å². The minimum atomic E-state index is -4.48. The largest absolute Gasteiger partial charge is 0.418 e. The Labute approximate surface area is 182 Å². The minimum absolute atomic E-state index is 0.0374. The molecule has 170 valence electrons. The highest BCUT2D eigenvalue weighted by Crippen LogP contribution is 2.36. The number of hydrogen-bond donors (Lipinski definition) is 1. The Balaban J connectivity index is 1.37. The number of halogens is 4. The molecule has 6 nitrogen and oxygen atoms in total. The van der Waals surface area contributed by atoms with Crippen molar-refractivity contribution in [3.63, 3.8) is 0 Å². The number of amides is 1. The van der Waals surface area contributed by atoms with Gasteiger partial charge in [-0.05, 0) is 25.0 Å². The summed E-state index contributed by atoms with van der Waals surface area (Å²) in [7, 11) is 0. The molecule has 0 bridgehead atoms. The standard InChI is InChI=1S/C22H23F4N5O/c23-14-10-16(11-27)31(12-14)20(32)13-30-8-5-15(6-9-30)29-19-4-7-28-21-17(19)2-1-3-18(21)22(24,25)26/h1-4,7,14-16H,5-6,8-10,12-13H2,(H,28,29)/t14-,16?/m0/s1. The Morgan fingerprint density at radius 2 is 2.00 bits per heavy atom. The summed E-state index contributed by atoms with van der Waals surface area (Å²) in [6, 6.07) is 7.00. The average Bonchev–Trinajstić information content (AvgIpc) is 3.15. The van der Waals surface area contributed by atoms with Gasteiger partial charge in [0.05, 0.1) is 30.2 Å². The van der Waals surface area contributed by atoms with Crippen LogP contribution in [0.2, 0.25) is 0 Å². The number of pyridine rings is 1. The maximum Gasteiger partial charge on any atom is 0.418 e. The fourth-order valence-corrected chi connectivity index (χ4v) is 4.45. The van der Waals surface area contributed by atoms with E-state index in [1.54, 1.807) is 12.1 Å². The first-order chi connectivity index (χ1) is 15.3. The van der Waals surface area contributed by atoms with E-state index in [4.69, 9.17) is 5.26 Å². The van der Waals surface area contributed by atoms with Crippen LogP contribution in [0.4, 0.5) is 23.2 Å². The summed E-state index contributed by atoms with van der Waals surface area (Å²) in [5.41, 5.74) is -0.254. The molecule has 2 saturated heterocycles. The molecule has 2 aliphatic rings. The molecule has 2 aliphatic heterocycles. The summed E-state index contributed by atoms with van der Waals surface area (Å²) < 4.78 is 53.5. The van der Waals surface area contributed by atoms with Crippen molar-refractivity contribution in [1.82, 2.24) is 14.8 Å². The van der Waals surface area contributed by atoms with Crippen molar-refractivity contribution in [2.45, 2.75) is 43.7 Å². The van der Waals surface area contributed by atoms with E-state index in [1.165, 1.54) is 17.2 Å². The number of rotatable bonds is 4. The predicted octanol–water partition coefficient (Wildman–Crippen LogP) is 3.59. The van der Waals surface area contributed by atoms with Crippen molar-refractivity contribution in [1.29, 1.82) is 5.26 Å². The van der Waals surface area contributed by atoms with Crippen LogP contribution in [0.25, 0.3) is 10.9 Å². The third-order valence-corrected chi connectivity index (χ3v) is 6.10. The molecule has 2 atom stereocenters. The molecule has 0 saturated carbocycles. The summed E-state index contributed by atoms with van der Waals surface area (Å²) in [5.74, 6) is -0.247. The summed E-state index contributed by atoms with van der Waals surface area (Å²) >= 11 is 0. The van der Waals surface area contributed by atoms with Gasteiger partial charge in [-0.2, -0.15) is 18.4 Å². The second-order valence-electron chi connectivity index (χ2n) is 8.28. The number of nitrogens with zero attached hydrogens (tertiary/aromatic N) is 4. The Morgan fingerprint density at radius 1 is 1.25 bits per heavy atom. The summed E-state index contributed by atoms with van der Waals surface area (Å²) in [5, 5.41) is 12.9. The van der Waals surface area contributed by atoms with E-state index in [0.29, 0.717) is 37.0 Å². The minimum Gasteiger partial charge on any atom is -0.382 e. The van der Waals surface area contributed by atoms with Crippen LogP contribution in [0, 0.1) is 11.3 Å². The van der Waals surface area contributed by atoms with E-state index < -0.39 is 24.0 Å². The number of alkyl halides is 4. The molecular weight excluding hydrogens is 426 g/mol. The van der Waals surface area contributed by atoms with Gasteiger partial charge in [0.15, 0.2) is 0 Å². The number of para-hydroxylation sites is 1. The number of piperidine rings is 1. The van der Waals surface area contributed by atoms with Gasteiger partial charge in [0.2, 0.25) is 5.91 Å². The zero-order valence-electron chi connectivity index (χ0n) is 17.3. The molecule has 10 heteroatoms. The van der Waals surface area contributed by atoms with Crippen LogP contribution in [0.3, 0.4) is 0 Å². The third kappa shape index (κ3) is 4.63. The number of hydrogen-bond acceptors (Lipinski definition) is 5. The van der Waals surface area contributed by atoms with Gasteiger partial charge < -0.3 is 10.2 Å². The van der Waals surface area contributed by atoms with Crippen LogP contribution in [-0.4, -0.2) is 65.1 Å². The maximum absolute atomic E-state index is 13.6. The predicted molar refractivity (Wildman–Crippen MR) is 110 cm³/mol. The second-order valence-corrected chi connectivity index (χ2v) is 8.28. The number of carbonyl (C=O) groups is 1. The Hall–Kier alpha value is -2.93. The van der Waals surface area contributed by atoms with Crippen molar-refractivity contribution in [3.05, 3.63) is 36.0 Å². The van der Waals surface area contributed by atoms with Crippen molar-refractivity contribution in [2.24, 2.45) is 0 Å². The lowest BCUT2D eigenvalue weighted by molar-refractivity contribution is -0.136. The lowest BCUT2D eigenvalue weighted by Crippen LogP contribution is -2.46. The third-order valence-electron chi connectivity index (χ3n) is 6.10. The van der Waals surface area contributed by atoms with E-state index in [-0.39, 0.29) is 37.0 Å². The molecule has 32 heavy (non-hydrogen) atoms. The van der Waals surface area contributed by atoms with E-state index in [1.807, 2.05) is 11.0 Å². The van der Waals surface area contributed by atoms with Crippen LogP contribution in [0.1, 0.15) is 24.8 Å². The highest BCUT2D eigenvalue weighted by Gasteiger charge is 2.36. The molecule has 1 unspecified atom stereocenters. The first-order valence-electron chi connectivity index (χ1n) is 10.5. The van der Waals surface area contributed by atoms with Gasteiger partial charge in [-0.3, -0.25) is 14.7 Å². The van der Waals surface area contributed by atoms with Gasteiger partial charge in [0, 0.05) is 42.8 Å². The zero-order chi connectivity index (χ0) is 22.9. The smallest absolute Gasteiger partial charge is 0.382 e. The summed E-state index contributed by atoms with van der Waals surface area (Å²) in [6.45, 7) is 1.32. The Morgan fingerprint density at radius 3 is 2.69 bits per heavy atom. The quantitative estimate of drug-likeness (QED) is 0.723. The lowest BCUT2D eigenvalue weighted by atomic mass is 10.0. The molecule has 3 heterocycles. The molecule has 1 N–H and O–H groups in total. The molecular formula is C22H23F4N5O. The lowest BCUT2D eigenvalue weighted by Gasteiger charge is -2.33. The topological polar surface area (TPSA) is 72.3 Å². The Bertz CT molecular complexity index is 1030. The summed E-state index contributed by atoms with van der Waals surface area (Å²) in [4.78, 5) is 19.7. The molecule has 1 amide bonds. The first kappa shape index (κ1) is 22.3. The highest BCUT2D eigenvalue weighted by molar-refractivity contribution is 5.93. The normalized spacial score (nSPS) is 22.8. The fraction of sp³-hybridized carbons (Fsp3) is 0.500. The number of benzene rings is 1. The van der Waals surface area contributed by atoms with Crippen molar-refractivity contribution < 1.29 is 22.4 Å². The van der Waals surface area contributed by atoms with E-state index >= 15 is 0 Å². The second kappa shape index (κ2) is 8.90. The van der Waals surface area contributed by atoms with Crippen LogP contribution in [0.5, 0.6) is 0 Å². The molecule has 0 aliphatic carbocycles. The number of likely N-dealkylation sites (tertiary alicyclic amines) is 2.